The normalized spacial score (nSPS) is 19.6. The average Bonchev–Trinajstić information content (AvgIpc) is 2.14. The van der Waals surface area contributed by atoms with Gasteiger partial charge in [-0.2, -0.15) is 5.06 Å². The van der Waals surface area contributed by atoms with Crippen molar-refractivity contribution in [1.29, 1.82) is 0 Å². The molecule has 0 radical (unpaired) electrons. The van der Waals surface area contributed by atoms with Gasteiger partial charge in [0.2, 0.25) is 0 Å². The van der Waals surface area contributed by atoms with E-state index in [4.69, 9.17) is 4.84 Å². The lowest BCUT2D eigenvalue weighted by atomic mass is 10.1. The Morgan fingerprint density at radius 1 is 1.15 bits per heavy atom. The summed E-state index contributed by atoms with van der Waals surface area (Å²) in [4.78, 5) is 5.67. The summed E-state index contributed by atoms with van der Waals surface area (Å²) in [5.41, 5.74) is 0. The van der Waals surface area contributed by atoms with Crippen LogP contribution in [0.2, 0.25) is 0 Å². The Morgan fingerprint density at radius 2 is 1.85 bits per heavy atom. The van der Waals surface area contributed by atoms with Crippen molar-refractivity contribution >= 4 is 0 Å². The van der Waals surface area contributed by atoms with E-state index in [1.54, 1.807) is 0 Å². The van der Waals surface area contributed by atoms with Crippen molar-refractivity contribution in [2.45, 2.75) is 46.0 Å². The minimum Gasteiger partial charge on any atom is -0.299 e. The highest BCUT2D eigenvalue weighted by Crippen LogP contribution is 2.10. The van der Waals surface area contributed by atoms with Gasteiger partial charge in [0.05, 0.1) is 6.61 Å². The molecule has 0 bridgehead atoms. The molecule has 13 heavy (non-hydrogen) atoms. The Labute approximate surface area is 82.2 Å². The molecule has 0 spiro atoms. The molecular formula is C11H23NO. The predicted octanol–water partition coefficient (Wildman–Crippen LogP) is 2.84. The van der Waals surface area contributed by atoms with E-state index in [9.17, 15) is 0 Å². The SMILES string of the molecule is CC(C)CCCON1CCCCC1. The zero-order valence-electron chi connectivity index (χ0n) is 9.09. The Bertz CT molecular complexity index is 119. The quantitative estimate of drug-likeness (QED) is 0.611. The first-order chi connectivity index (χ1) is 6.29. The maximum atomic E-state index is 5.67. The zero-order valence-corrected chi connectivity index (χ0v) is 9.09. The van der Waals surface area contributed by atoms with Gasteiger partial charge in [-0.25, -0.2) is 0 Å². The van der Waals surface area contributed by atoms with Crippen molar-refractivity contribution < 1.29 is 4.84 Å². The number of hydrogen-bond acceptors (Lipinski definition) is 2. The van der Waals surface area contributed by atoms with Crippen LogP contribution in [0.3, 0.4) is 0 Å². The van der Waals surface area contributed by atoms with E-state index in [2.05, 4.69) is 18.9 Å². The first kappa shape index (κ1) is 11.0. The lowest BCUT2D eigenvalue weighted by Gasteiger charge is -2.25. The maximum Gasteiger partial charge on any atom is 0.0685 e. The lowest BCUT2D eigenvalue weighted by molar-refractivity contribution is -0.169. The third kappa shape index (κ3) is 5.27. The molecule has 0 aliphatic carbocycles. The van der Waals surface area contributed by atoms with Gasteiger partial charge in [-0.1, -0.05) is 20.3 Å². The van der Waals surface area contributed by atoms with E-state index in [1.165, 1.54) is 32.1 Å². The maximum absolute atomic E-state index is 5.67. The third-order valence-electron chi connectivity index (χ3n) is 2.51. The summed E-state index contributed by atoms with van der Waals surface area (Å²) in [5.74, 6) is 0.810. The van der Waals surface area contributed by atoms with Crippen molar-refractivity contribution in [3.63, 3.8) is 0 Å². The van der Waals surface area contributed by atoms with E-state index in [1.807, 2.05) is 0 Å². The molecule has 0 aromatic rings. The van der Waals surface area contributed by atoms with Crippen molar-refractivity contribution in [3.05, 3.63) is 0 Å². The number of hydrogen-bond donors (Lipinski definition) is 0. The van der Waals surface area contributed by atoms with Crippen LogP contribution >= 0.6 is 0 Å². The van der Waals surface area contributed by atoms with Gasteiger partial charge in [0.25, 0.3) is 0 Å². The molecule has 1 heterocycles. The van der Waals surface area contributed by atoms with Gasteiger partial charge in [-0.3, -0.25) is 4.84 Å². The standard InChI is InChI=1S/C11H23NO/c1-11(2)7-6-10-13-12-8-4-3-5-9-12/h11H,3-10H2,1-2H3. The lowest BCUT2D eigenvalue weighted by Crippen LogP contribution is -2.30. The fourth-order valence-electron chi connectivity index (χ4n) is 1.68. The summed E-state index contributed by atoms with van der Waals surface area (Å²) < 4.78 is 0. The highest BCUT2D eigenvalue weighted by atomic mass is 16.7. The van der Waals surface area contributed by atoms with E-state index >= 15 is 0 Å². The van der Waals surface area contributed by atoms with Crippen LogP contribution < -0.4 is 0 Å². The van der Waals surface area contributed by atoms with Gasteiger partial charge in [0, 0.05) is 13.1 Å². The summed E-state index contributed by atoms with van der Waals surface area (Å²) in [6.07, 6.45) is 6.49. The molecule has 1 aliphatic heterocycles. The first-order valence-electron chi connectivity index (χ1n) is 5.67. The summed E-state index contributed by atoms with van der Waals surface area (Å²) in [5, 5.41) is 2.14. The topological polar surface area (TPSA) is 12.5 Å². The summed E-state index contributed by atoms with van der Waals surface area (Å²) in [7, 11) is 0. The van der Waals surface area contributed by atoms with Crippen LogP contribution in [0.25, 0.3) is 0 Å². The first-order valence-corrected chi connectivity index (χ1v) is 5.67. The Balaban J connectivity index is 1.92. The summed E-state index contributed by atoms with van der Waals surface area (Å²) in [6.45, 7) is 7.73. The van der Waals surface area contributed by atoms with Crippen molar-refractivity contribution in [2.75, 3.05) is 19.7 Å². The highest BCUT2D eigenvalue weighted by Gasteiger charge is 2.09. The smallest absolute Gasteiger partial charge is 0.0685 e. The predicted molar refractivity (Wildman–Crippen MR) is 55.4 cm³/mol. The molecule has 1 aliphatic rings. The van der Waals surface area contributed by atoms with Gasteiger partial charge in [-0.05, 0) is 31.6 Å². The minimum atomic E-state index is 0.810. The van der Waals surface area contributed by atoms with Gasteiger partial charge in [-0.15, -0.1) is 0 Å². The van der Waals surface area contributed by atoms with Crippen LogP contribution in [0.1, 0.15) is 46.0 Å². The van der Waals surface area contributed by atoms with E-state index < -0.39 is 0 Å². The molecule has 0 atom stereocenters. The number of hydroxylamine groups is 2. The van der Waals surface area contributed by atoms with Crippen LogP contribution in [0.15, 0.2) is 0 Å². The average molecular weight is 185 g/mol. The number of nitrogens with zero attached hydrogens (tertiary/aromatic N) is 1. The molecule has 1 fully saturated rings. The molecule has 0 amide bonds. The molecule has 0 N–H and O–H groups in total. The Morgan fingerprint density at radius 3 is 2.46 bits per heavy atom. The van der Waals surface area contributed by atoms with Gasteiger partial charge in [0.1, 0.15) is 0 Å². The van der Waals surface area contributed by atoms with E-state index in [0.717, 1.165) is 25.6 Å². The van der Waals surface area contributed by atoms with Crippen molar-refractivity contribution in [2.24, 2.45) is 5.92 Å². The molecule has 2 heteroatoms. The van der Waals surface area contributed by atoms with Gasteiger partial charge in [0.15, 0.2) is 0 Å². The second-order valence-corrected chi connectivity index (χ2v) is 4.36. The molecular weight excluding hydrogens is 162 g/mol. The Kier molecular flexibility index (Phi) is 5.40. The van der Waals surface area contributed by atoms with Crippen LogP contribution in [0, 0.1) is 5.92 Å². The number of piperidine rings is 1. The van der Waals surface area contributed by atoms with E-state index in [-0.39, 0.29) is 0 Å². The molecule has 0 aromatic heterocycles. The van der Waals surface area contributed by atoms with Crippen LogP contribution in [-0.4, -0.2) is 24.8 Å². The molecule has 1 rings (SSSR count). The molecule has 78 valence electrons. The second-order valence-electron chi connectivity index (χ2n) is 4.36. The van der Waals surface area contributed by atoms with Crippen molar-refractivity contribution in [3.8, 4) is 0 Å². The zero-order chi connectivity index (χ0) is 9.52. The second kappa shape index (κ2) is 6.39. The van der Waals surface area contributed by atoms with Crippen LogP contribution in [0.4, 0.5) is 0 Å². The fourth-order valence-corrected chi connectivity index (χ4v) is 1.68. The molecule has 0 saturated carbocycles. The third-order valence-corrected chi connectivity index (χ3v) is 2.51. The van der Waals surface area contributed by atoms with Crippen LogP contribution in [-0.2, 0) is 4.84 Å². The van der Waals surface area contributed by atoms with E-state index in [0.29, 0.717) is 0 Å². The fraction of sp³-hybridized carbons (Fsp3) is 1.00. The molecule has 0 aromatic carbocycles. The van der Waals surface area contributed by atoms with Gasteiger partial charge >= 0.3 is 0 Å². The van der Waals surface area contributed by atoms with Crippen molar-refractivity contribution in [1.82, 2.24) is 5.06 Å². The summed E-state index contributed by atoms with van der Waals surface area (Å²) >= 11 is 0. The monoisotopic (exact) mass is 185 g/mol. The van der Waals surface area contributed by atoms with Crippen LogP contribution in [0.5, 0.6) is 0 Å². The number of rotatable bonds is 5. The highest BCUT2D eigenvalue weighted by molar-refractivity contribution is 4.56. The molecule has 0 unspecified atom stereocenters. The summed E-state index contributed by atoms with van der Waals surface area (Å²) in [6, 6.07) is 0. The minimum absolute atomic E-state index is 0.810. The molecule has 2 nitrogen and oxygen atoms in total. The molecule has 1 saturated heterocycles. The van der Waals surface area contributed by atoms with Gasteiger partial charge < -0.3 is 0 Å². The Hall–Kier alpha value is -0.0800. The largest absolute Gasteiger partial charge is 0.299 e.